The molecular formula is C26H31N5O2. The summed E-state index contributed by atoms with van der Waals surface area (Å²) >= 11 is 0. The highest BCUT2D eigenvalue weighted by Crippen LogP contribution is 2.19. The first-order valence-electron chi connectivity index (χ1n) is 11.4. The maximum absolute atomic E-state index is 12.8. The van der Waals surface area contributed by atoms with Crippen LogP contribution in [0.3, 0.4) is 0 Å². The molecule has 2 N–H and O–H groups in total. The van der Waals surface area contributed by atoms with E-state index in [9.17, 15) is 4.79 Å². The van der Waals surface area contributed by atoms with Gasteiger partial charge in [0.2, 0.25) is 5.95 Å². The van der Waals surface area contributed by atoms with Crippen molar-refractivity contribution >= 4 is 11.9 Å². The molecule has 0 bridgehead atoms. The quantitative estimate of drug-likeness (QED) is 0.549. The first kappa shape index (κ1) is 22.7. The molecule has 1 amide bonds. The summed E-state index contributed by atoms with van der Waals surface area (Å²) in [5, 5.41) is 6.38. The van der Waals surface area contributed by atoms with Crippen molar-refractivity contribution in [2.45, 2.75) is 38.9 Å². The number of hydrogen-bond acceptors (Lipinski definition) is 6. The van der Waals surface area contributed by atoms with Crippen molar-refractivity contribution in [1.29, 1.82) is 0 Å². The van der Waals surface area contributed by atoms with Gasteiger partial charge < -0.3 is 15.4 Å². The van der Waals surface area contributed by atoms with Crippen LogP contribution in [0.25, 0.3) is 0 Å². The Morgan fingerprint density at radius 1 is 1.09 bits per heavy atom. The highest BCUT2D eigenvalue weighted by atomic mass is 16.5. The maximum atomic E-state index is 12.8. The van der Waals surface area contributed by atoms with E-state index in [1.165, 1.54) is 5.56 Å². The van der Waals surface area contributed by atoms with E-state index in [1.54, 1.807) is 13.3 Å². The van der Waals surface area contributed by atoms with Crippen LogP contribution in [-0.4, -0.2) is 47.0 Å². The third-order valence-corrected chi connectivity index (χ3v) is 6.03. The Morgan fingerprint density at radius 3 is 2.55 bits per heavy atom. The van der Waals surface area contributed by atoms with Gasteiger partial charge >= 0.3 is 0 Å². The van der Waals surface area contributed by atoms with Gasteiger partial charge in [0.1, 0.15) is 5.75 Å². The van der Waals surface area contributed by atoms with E-state index >= 15 is 0 Å². The number of aromatic nitrogens is 2. The van der Waals surface area contributed by atoms with Crippen molar-refractivity contribution in [1.82, 2.24) is 20.2 Å². The second kappa shape index (κ2) is 10.9. The minimum Gasteiger partial charge on any atom is -0.496 e. The Morgan fingerprint density at radius 2 is 1.82 bits per heavy atom. The van der Waals surface area contributed by atoms with Crippen LogP contribution in [0, 0.1) is 6.92 Å². The van der Waals surface area contributed by atoms with Crippen LogP contribution < -0.4 is 15.4 Å². The molecule has 7 nitrogen and oxygen atoms in total. The molecule has 1 aromatic heterocycles. The van der Waals surface area contributed by atoms with E-state index < -0.39 is 0 Å². The number of para-hydroxylation sites is 1. The Bertz CT molecular complexity index is 1070. The van der Waals surface area contributed by atoms with Gasteiger partial charge in [0.05, 0.1) is 18.4 Å². The fourth-order valence-corrected chi connectivity index (χ4v) is 4.14. The van der Waals surface area contributed by atoms with E-state index in [1.807, 2.05) is 37.3 Å². The summed E-state index contributed by atoms with van der Waals surface area (Å²) < 4.78 is 5.38. The molecule has 1 fully saturated rings. The van der Waals surface area contributed by atoms with Crippen LogP contribution in [0.1, 0.15) is 40.0 Å². The lowest BCUT2D eigenvalue weighted by Gasteiger charge is -2.32. The van der Waals surface area contributed by atoms with E-state index in [0.717, 1.165) is 43.8 Å². The van der Waals surface area contributed by atoms with E-state index in [0.29, 0.717) is 23.8 Å². The molecule has 1 aliphatic heterocycles. The number of anilines is 1. The van der Waals surface area contributed by atoms with Crippen LogP contribution in [-0.2, 0) is 13.1 Å². The number of nitrogens with one attached hydrogen (secondary N) is 2. The van der Waals surface area contributed by atoms with Crippen molar-refractivity contribution < 1.29 is 9.53 Å². The molecule has 33 heavy (non-hydrogen) atoms. The normalized spacial score (nSPS) is 14.6. The topological polar surface area (TPSA) is 79.4 Å². The predicted molar refractivity (Wildman–Crippen MR) is 129 cm³/mol. The van der Waals surface area contributed by atoms with Crippen LogP contribution >= 0.6 is 0 Å². The SMILES string of the molecule is COc1ccccc1CNc1ncc(C(=O)NC2CCN(Cc3ccccc3)CC2)c(C)n1. The van der Waals surface area contributed by atoms with Gasteiger partial charge in [-0.25, -0.2) is 9.97 Å². The lowest BCUT2D eigenvalue weighted by Crippen LogP contribution is -2.44. The summed E-state index contributed by atoms with van der Waals surface area (Å²) in [6, 6.07) is 18.5. The minimum absolute atomic E-state index is 0.106. The molecule has 3 aromatic rings. The molecule has 0 unspecified atom stereocenters. The first-order chi connectivity index (χ1) is 16.1. The second-order valence-corrected chi connectivity index (χ2v) is 8.37. The number of methoxy groups -OCH3 is 1. The first-order valence-corrected chi connectivity index (χ1v) is 11.4. The highest BCUT2D eigenvalue weighted by Gasteiger charge is 2.22. The summed E-state index contributed by atoms with van der Waals surface area (Å²) in [5.41, 5.74) is 3.52. The van der Waals surface area contributed by atoms with Crippen molar-refractivity contribution in [2.75, 3.05) is 25.5 Å². The fraction of sp³-hybridized carbons (Fsp3) is 0.346. The number of nitrogens with zero attached hydrogens (tertiary/aromatic N) is 3. The largest absolute Gasteiger partial charge is 0.496 e. The monoisotopic (exact) mass is 445 g/mol. The highest BCUT2D eigenvalue weighted by molar-refractivity contribution is 5.95. The number of likely N-dealkylation sites (tertiary alicyclic amines) is 1. The number of hydrogen-bond donors (Lipinski definition) is 2. The number of rotatable bonds is 8. The van der Waals surface area contributed by atoms with Gasteiger partial charge in [0.25, 0.3) is 5.91 Å². The average Bonchev–Trinajstić information content (AvgIpc) is 2.84. The maximum Gasteiger partial charge on any atom is 0.254 e. The van der Waals surface area contributed by atoms with Gasteiger partial charge in [-0.1, -0.05) is 48.5 Å². The molecule has 172 valence electrons. The number of carbonyl (C=O) groups excluding carboxylic acids is 1. The molecule has 1 aliphatic rings. The Hall–Kier alpha value is -3.45. The summed E-state index contributed by atoms with van der Waals surface area (Å²) in [5.74, 6) is 1.20. The summed E-state index contributed by atoms with van der Waals surface area (Å²) in [4.78, 5) is 24.1. The average molecular weight is 446 g/mol. The molecule has 0 saturated carbocycles. The lowest BCUT2D eigenvalue weighted by atomic mass is 10.0. The molecule has 2 heterocycles. The summed E-state index contributed by atoms with van der Waals surface area (Å²) in [6.07, 6.45) is 3.49. The van der Waals surface area contributed by atoms with Gasteiger partial charge in [0.15, 0.2) is 0 Å². The third kappa shape index (κ3) is 6.08. The number of ether oxygens (including phenoxy) is 1. The Kier molecular flexibility index (Phi) is 7.52. The van der Waals surface area contributed by atoms with Crippen LogP contribution in [0.5, 0.6) is 5.75 Å². The van der Waals surface area contributed by atoms with Gasteiger partial charge in [-0.05, 0) is 31.4 Å². The molecule has 0 spiro atoms. The summed E-state index contributed by atoms with van der Waals surface area (Å²) in [7, 11) is 1.65. The summed E-state index contributed by atoms with van der Waals surface area (Å²) in [6.45, 7) is 5.28. The molecule has 0 aliphatic carbocycles. The van der Waals surface area contributed by atoms with E-state index in [2.05, 4.69) is 49.8 Å². The lowest BCUT2D eigenvalue weighted by molar-refractivity contribution is 0.0907. The fourth-order valence-electron chi connectivity index (χ4n) is 4.14. The van der Waals surface area contributed by atoms with Gasteiger partial charge in [0, 0.05) is 44.0 Å². The second-order valence-electron chi connectivity index (χ2n) is 8.37. The van der Waals surface area contributed by atoms with Crippen LogP contribution in [0.2, 0.25) is 0 Å². The predicted octanol–water partition coefficient (Wildman–Crippen LogP) is 3.80. The zero-order chi connectivity index (χ0) is 23.0. The van der Waals surface area contributed by atoms with Crippen molar-refractivity contribution in [3.8, 4) is 5.75 Å². The van der Waals surface area contributed by atoms with E-state index in [4.69, 9.17) is 4.74 Å². The third-order valence-electron chi connectivity index (χ3n) is 6.03. The number of amides is 1. The number of piperidine rings is 1. The van der Waals surface area contributed by atoms with Crippen molar-refractivity contribution in [3.05, 3.63) is 83.2 Å². The zero-order valence-corrected chi connectivity index (χ0v) is 19.3. The van der Waals surface area contributed by atoms with Crippen molar-refractivity contribution in [2.24, 2.45) is 0 Å². The molecule has 2 aromatic carbocycles. The van der Waals surface area contributed by atoms with Crippen molar-refractivity contribution in [3.63, 3.8) is 0 Å². The van der Waals surface area contributed by atoms with Gasteiger partial charge in [-0.3, -0.25) is 9.69 Å². The Balaban J connectivity index is 1.28. The number of benzene rings is 2. The van der Waals surface area contributed by atoms with E-state index in [-0.39, 0.29) is 11.9 Å². The molecule has 7 heteroatoms. The molecule has 0 atom stereocenters. The van der Waals surface area contributed by atoms with Gasteiger partial charge in [-0.15, -0.1) is 0 Å². The van der Waals surface area contributed by atoms with Crippen LogP contribution in [0.15, 0.2) is 60.8 Å². The molecule has 4 rings (SSSR count). The number of carbonyl (C=O) groups is 1. The standard InChI is InChI=1S/C26H31N5O2/c1-19-23(17-28-26(29-19)27-16-21-10-6-7-11-24(21)33-2)25(32)30-22-12-14-31(15-13-22)18-20-8-4-3-5-9-20/h3-11,17,22H,12-16,18H2,1-2H3,(H,30,32)(H,27,28,29). The van der Waals surface area contributed by atoms with Crippen LogP contribution in [0.4, 0.5) is 5.95 Å². The molecular weight excluding hydrogens is 414 g/mol. The molecule has 0 radical (unpaired) electrons. The Labute approximate surface area is 195 Å². The molecule has 1 saturated heterocycles. The van der Waals surface area contributed by atoms with Gasteiger partial charge in [-0.2, -0.15) is 0 Å². The minimum atomic E-state index is -0.106. The number of aryl methyl sites for hydroxylation is 1. The zero-order valence-electron chi connectivity index (χ0n) is 19.3. The smallest absolute Gasteiger partial charge is 0.254 e.